The Morgan fingerprint density at radius 1 is 1.30 bits per heavy atom. The number of aromatic nitrogens is 1. The third-order valence-electron chi connectivity index (χ3n) is 3.10. The number of carbonyl (C=O) groups is 1. The number of nitrogens with zero attached hydrogens (tertiary/aromatic N) is 2. The minimum absolute atomic E-state index is 0.0710. The number of hydrogen-bond donors (Lipinski definition) is 1. The van der Waals surface area contributed by atoms with Gasteiger partial charge < -0.3 is 14.7 Å². The van der Waals surface area contributed by atoms with E-state index in [9.17, 15) is 4.79 Å². The van der Waals surface area contributed by atoms with Crippen LogP contribution in [-0.2, 0) is 4.74 Å². The van der Waals surface area contributed by atoms with E-state index in [2.05, 4.69) is 4.98 Å². The average Bonchev–Trinajstić information content (AvgIpc) is 2.50. The number of hydrogen-bond acceptors (Lipinski definition) is 4. The van der Waals surface area contributed by atoms with Gasteiger partial charge in [0.25, 0.3) is 5.91 Å². The second-order valence-electron chi connectivity index (χ2n) is 4.38. The number of aliphatic hydroxyl groups excluding tert-OH is 1. The fourth-order valence-corrected chi connectivity index (χ4v) is 2.10. The summed E-state index contributed by atoms with van der Waals surface area (Å²) in [4.78, 5) is 18.4. The molecule has 2 rings (SSSR count). The van der Waals surface area contributed by atoms with Crippen molar-refractivity contribution in [3.8, 4) is 0 Å². The molecule has 1 N–H and O–H groups in total. The van der Waals surface area contributed by atoms with Gasteiger partial charge in [0, 0.05) is 37.3 Å². The van der Waals surface area contributed by atoms with Gasteiger partial charge in [-0.25, -0.2) is 0 Å². The number of carbonyl (C=O) groups excluding carboxylic acids is 1. The van der Waals surface area contributed by atoms with Crippen LogP contribution in [0, 0.1) is 0 Å². The molecule has 0 aliphatic carbocycles. The standard InChI is InChI=1S/C15H18N2O3/c1-20-11-9-17(8-10-18)15(19)13-4-2-6-14-12(13)5-3-7-16-14/h2-7,18H,8-11H2,1H3. The van der Waals surface area contributed by atoms with Crippen molar-refractivity contribution in [1.82, 2.24) is 9.88 Å². The highest BCUT2D eigenvalue weighted by molar-refractivity contribution is 6.06. The lowest BCUT2D eigenvalue weighted by Crippen LogP contribution is -2.36. The molecule has 0 saturated carbocycles. The van der Waals surface area contributed by atoms with Gasteiger partial charge in [0.1, 0.15) is 0 Å². The Bertz CT molecular complexity index is 581. The van der Waals surface area contributed by atoms with Crippen molar-refractivity contribution in [2.24, 2.45) is 0 Å². The zero-order valence-electron chi connectivity index (χ0n) is 11.5. The molecule has 1 heterocycles. The van der Waals surface area contributed by atoms with Crippen LogP contribution in [0.15, 0.2) is 36.5 Å². The number of aliphatic hydroxyl groups is 1. The van der Waals surface area contributed by atoms with E-state index in [4.69, 9.17) is 9.84 Å². The van der Waals surface area contributed by atoms with E-state index in [0.717, 1.165) is 10.9 Å². The summed E-state index contributed by atoms with van der Waals surface area (Å²) in [6.07, 6.45) is 1.70. The minimum Gasteiger partial charge on any atom is -0.395 e. The van der Waals surface area contributed by atoms with Crippen LogP contribution in [0.5, 0.6) is 0 Å². The maximum atomic E-state index is 12.6. The predicted octanol–water partition coefficient (Wildman–Crippen LogP) is 1.32. The van der Waals surface area contributed by atoms with Gasteiger partial charge in [0.05, 0.1) is 18.7 Å². The summed E-state index contributed by atoms with van der Waals surface area (Å²) >= 11 is 0. The van der Waals surface area contributed by atoms with Gasteiger partial charge in [-0.3, -0.25) is 9.78 Å². The van der Waals surface area contributed by atoms with Gasteiger partial charge in [-0.15, -0.1) is 0 Å². The Labute approximate surface area is 117 Å². The van der Waals surface area contributed by atoms with Crippen LogP contribution in [0.2, 0.25) is 0 Å². The number of methoxy groups -OCH3 is 1. The summed E-state index contributed by atoms with van der Waals surface area (Å²) in [6, 6.07) is 9.16. The largest absolute Gasteiger partial charge is 0.395 e. The summed E-state index contributed by atoms with van der Waals surface area (Å²) in [5, 5.41) is 9.92. The van der Waals surface area contributed by atoms with E-state index < -0.39 is 0 Å². The first-order valence-corrected chi connectivity index (χ1v) is 6.50. The van der Waals surface area contributed by atoms with Crippen LogP contribution < -0.4 is 0 Å². The fourth-order valence-electron chi connectivity index (χ4n) is 2.10. The second kappa shape index (κ2) is 6.98. The third kappa shape index (κ3) is 3.12. The van der Waals surface area contributed by atoms with Gasteiger partial charge in [-0.2, -0.15) is 0 Å². The topological polar surface area (TPSA) is 62.7 Å². The number of benzene rings is 1. The van der Waals surface area contributed by atoms with Crippen LogP contribution in [0.4, 0.5) is 0 Å². The molecule has 0 unspecified atom stereocenters. The van der Waals surface area contributed by atoms with Crippen LogP contribution in [0.3, 0.4) is 0 Å². The third-order valence-corrected chi connectivity index (χ3v) is 3.10. The summed E-state index contributed by atoms with van der Waals surface area (Å²) in [5.41, 5.74) is 1.38. The molecule has 1 aromatic heterocycles. The molecule has 2 aromatic rings. The van der Waals surface area contributed by atoms with Crippen molar-refractivity contribution in [2.75, 3.05) is 33.4 Å². The zero-order valence-corrected chi connectivity index (χ0v) is 11.5. The van der Waals surface area contributed by atoms with Gasteiger partial charge in [-0.05, 0) is 18.2 Å². The molecule has 1 aromatic carbocycles. The highest BCUT2D eigenvalue weighted by atomic mass is 16.5. The number of rotatable bonds is 6. The van der Waals surface area contributed by atoms with Crippen molar-refractivity contribution in [3.63, 3.8) is 0 Å². The maximum absolute atomic E-state index is 12.6. The number of ether oxygens (including phenoxy) is 1. The highest BCUT2D eigenvalue weighted by Gasteiger charge is 2.17. The fraction of sp³-hybridized carbons (Fsp3) is 0.333. The van der Waals surface area contributed by atoms with Crippen LogP contribution in [0.25, 0.3) is 10.9 Å². The summed E-state index contributed by atoms with van der Waals surface area (Å²) in [7, 11) is 1.59. The van der Waals surface area contributed by atoms with Crippen LogP contribution in [0.1, 0.15) is 10.4 Å². The molecule has 5 heteroatoms. The molecular formula is C15H18N2O3. The number of fused-ring (bicyclic) bond motifs is 1. The van der Waals surface area contributed by atoms with Crippen LogP contribution in [-0.4, -0.2) is 54.3 Å². The lowest BCUT2D eigenvalue weighted by molar-refractivity contribution is 0.0658. The SMILES string of the molecule is COCCN(CCO)C(=O)c1cccc2ncccc12. The summed E-state index contributed by atoms with van der Waals surface area (Å²) < 4.78 is 5.00. The normalized spacial score (nSPS) is 10.7. The Morgan fingerprint density at radius 2 is 2.15 bits per heavy atom. The van der Waals surface area contributed by atoms with E-state index in [1.165, 1.54) is 0 Å². The smallest absolute Gasteiger partial charge is 0.254 e. The summed E-state index contributed by atoms with van der Waals surface area (Å²) in [5.74, 6) is -0.116. The molecular weight excluding hydrogens is 256 g/mol. The Balaban J connectivity index is 2.33. The van der Waals surface area contributed by atoms with Gasteiger partial charge in [0.15, 0.2) is 0 Å². The number of amides is 1. The molecule has 106 valence electrons. The molecule has 0 bridgehead atoms. The van der Waals surface area contributed by atoms with Gasteiger partial charge in [-0.1, -0.05) is 12.1 Å². The van der Waals surface area contributed by atoms with Crippen molar-refractivity contribution < 1.29 is 14.6 Å². The molecule has 0 spiro atoms. The lowest BCUT2D eigenvalue weighted by atomic mass is 10.1. The quantitative estimate of drug-likeness (QED) is 0.863. The Morgan fingerprint density at radius 3 is 2.90 bits per heavy atom. The van der Waals surface area contributed by atoms with E-state index in [1.807, 2.05) is 24.3 Å². The van der Waals surface area contributed by atoms with Crippen molar-refractivity contribution >= 4 is 16.8 Å². The first-order valence-electron chi connectivity index (χ1n) is 6.50. The molecule has 5 nitrogen and oxygen atoms in total. The molecule has 0 aliphatic rings. The highest BCUT2D eigenvalue weighted by Crippen LogP contribution is 2.18. The van der Waals surface area contributed by atoms with Gasteiger partial charge >= 0.3 is 0 Å². The first-order chi connectivity index (χ1) is 9.77. The van der Waals surface area contributed by atoms with E-state index in [0.29, 0.717) is 25.3 Å². The Hall–Kier alpha value is -1.98. The van der Waals surface area contributed by atoms with Gasteiger partial charge in [0.2, 0.25) is 0 Å². The summed E-state index contributed by atoms with van der Waals surface area (Å²) in [6.45, 7) is 1.11. The minimum atomic E-state index is -0.116. The molecule has 0 saturated heterocycles. The van der Waals surface area contributed by atoms with Crippen molar-refractivity contribution in [3.05, 3.63) is 42.1 Å². The zero-order chi connectivity index (χ0) is 14.4. The first kappa shape index (κ1) is 14.4. The number of pyridine rings is 1. The lowest BCUT2D eigenvalue weighted by Gasteiger charge is -2.22. The van der Waals surface area contributed by atoms with E-state index in [1.54, 1.807) is 24.3 Å². The molecule has 1 amide bonds. The Kier molecular flexibility index (Phi) is 5.03. The molecule has 20 heavy (non-hydrogen) atoms. The molecule has 0 atom stereocenters. The molecule has 0 radical (unpaired) electrons. The average molecular weight is 274 g/mol. The van der Waals surface area contributed by atoms with Crippen molar-refractivity contribution in [1.29, 1.82) is 0 Å². The maximum Gasteiger partial charge on any atom is 0.254 e. The second-order valence-corrected chi connectivity index (χ2v) is 4.38. The van der Waals surface area contributed by atoms with Crippen molar-refractivity contribution in [2.45, 2.75) is 0 Å². The monoisotopic (exact) mass is 274 g/mol. The van der Waals surface area contributed by atoms with Crippen LogP contribution >= 0.6 is 0 Å². The predicted molar refractivity (Wildman–Crippen MR) is 76.6 cm³/mol. The molecule has 0 fully saturated rings. The van der Waals surface area contributed by atoms with E-state index >= 15 is 0 Å². The molecule has 0 aliphatic heterocycles. The van der Waals surface area contributed by atoms with E-state index in [-0.39, 0.29) is 12.5 Å².